The maximum atomic E-state index is 12.8. The van der Waals surface area contributed by atoms with E-state index >= 15 is 0 Å². The van der Waals surface area contributed by atoms with Gasteiger partial charge in [0.15, 0.2) is 5.43 Å². The molecule has 3 aromatic rings. The van der Waals surface area contributed by atoms with Crippen LogP contribution in [0.15, 0.2) is 41.2 Å². The van der Waals surface area contributed by atoms with Crippen molar-refractivity contribution in [3.05, 3.63) is 52.2 Å². The fourth-order valence-electron chi connectivity index (χ4n) is 2.43. The van der Waals surface area contributed by atoms with E-state index in [1.807, 2.05) is 36.4 Å². The molecule has 0 fully saturated rings. The lowest BCUT2D eigenvalue weighted by Crippen LogP contribution is -2.15. The fourth-order valence-corrected chi connectivity index (χ4v) is 3.64. The molecule has 0 amide bonds. The molecule has 4 nitrogen and oxygen atoms in total. The second-order valence-corrected chi connectivity index (χ2v) is 5.83. The molecule has 1 heterocycles. The van der Waals surface area contributed by atoms with E-state index in [0.29, 0.717) is 23.9 Å². The van der Waals surface area contributed by atoms with Gasteiger partial charge in [-0.2, -0.15) is 0 Å². The maximum Gasteiger partial charge on any atom is 0.197 e. The normalized spacial score (nSPS) is 11.1. The number of fused-ring (bicyclic) bond motifs is 2. The Kier molecular flexibility index (Phi) is 3.88. The zero-order valence-corrected chi connectivity index (χ0v) is 12.2. The molecule has 1 aromatic heterocycles. The third-order valence-electron chi connectivity index (χ3n) is 3.44. The lowest BCUT2D eigenvalue weighted by Gasteiger charge is -2.11. The molecule has 4 N–H and O–H groups in total. The van der Waals surface area contributed by atoms with E-state index in [1.165, 1.54) is 11.3 Å². The second kappa shape index (κ2) is 5.81. The van der Waals surface area contributed by atoms with Gasteiger partial charge in [0, 0.05) is 33.6 Å². The van der Waals surface area contributed by atoms with Crippen LogP contribution in [0.5, 0.6) is 0 Å². The summed E-state index contributed by atoms with van der Waals surface area (Å²) in [7, 11) is 0. The standard InChI is InChI=1S/C16H16N2O2S/c17-7-8-18-12-6-5-10(9-19)16-14(12)15(20)11-3-1-2-4-13(11)21-16/h1-6,18-19H,7-9,17H2. The fraction of sp³-hybridized carbons (Fsp3) is 0.188. The van der Waals surface area contributed by atoms with Crippen molar-refractivity contribution in [1.82, 2.24) is 0 Å². The van der Waals surface area contributed by atoms with Crippen molar-refractivity contribution in [2.24, 2.45) is 5.73 Å². The Morgan fingerprint density at radius 3 is 2.76 bits per heavy atom. The first-order valence-corrected chi connectivity index (χ1v) is 7.60. The molecule has 5 heteroatoms. The Morgan fingerprint density at radius 1 is 1.19 bits per heavy atom. The molecule has 108 valence electrons. The average molecular weight is 300 g/mol. The van der Waals surface area contributed by atoms with E-state index in [2.05, 4.69) is 5.32 Å². The van der Waals surface area contributed by atoms with Crippen molar-refractivity contribution in [3.8, 4) is 0 Å². The quantitative estimate of drug-likeness (QED) is 0.646. The number of aliphatic hydroxyl groups excluding tert-OH is 1. The van der Waals surface area contributed by atoms with E-state index in [1.54, 1.807) is 0 Å². The Hall–Kier alpha value is -1.95. The summed E-state index contributed by atoms with van der Waals surface area (Å²) in [5.41, 5.74) is 7.07. The van der Waals surface area contributed by atoms with Crippen LogP contribution < -0.4 is 16.5 Å². The highest BCUT2D eigenvalue weighted by atomic mass is 32.1. The van der Waals surface area contributed by atoms with Crippen molar-refractivity contribution in [3.63, 3.8) is 0 Å². The summed E-state index contributed by atoms with van der Waals surface area (Å²) in [5, 5.41) is 14.1. The topological polar surface area (TPSA) is 75.3 Å². The van der Waals surface area contributed by atoms with E-state index in [0.717, 1.165) is 20.7 Å². The molecular weight excluding hydrogens is 284 g/mol. The van der Waals surface area contributed by atoms with Gasteiger partial charge < -0.3 is 16.2 Å². The Bertz CT molecular complexity index is 858. The maximum absolute atomic E-state index is 12.8. The largest absolute Gasteiger partial charge is 0.392 e. The number of rotatable bonds is 4. The second-order valence-electron chi connectivity index (χ2n) is 4.78. The molecule has 0 saturated carbocycles. The number of nitrogens with one attached hydrogen (secondary N) is 1. The van der Waals surface area contributed by atoms with Crippen LogP contribution in [0.3, 0.4) is 0 Å². The highest BCUT2D eigenvalue weighted by Gasteiger charge is 2.12. The van der Waals surface area contributed by atoms with Gasteiger partial charge in [-0.15, -0.1) is 11.3 Å². The molecule has 0 spiro atoms. The monoisotopic (exact) mass is 300 g/mol. The van der Waals surface area contributed by atoms with Crippen molar-refractivity contribution < 1.29 is 5.11 Å². The lowest BCUT2D eigenvalue weighted by molar-refractivity contribution is 0.283. The van der Waals surface area contributed by atoms with Gasteiger partial charge in [-0.25, -0.2) is 0 Å². The SMILES string of the molecule is NCCNc1ccc(CO)c2sc3ccccc3c(=O)c12. The minimum absolute atomic E-state index is 0.00540. The van der Waals surface area contributed by atoms with Crippen molar-refractivity contribution >= 4 is 37.2 Å². The van der Waals surface area contributed by atoms with E-state index in [9.17, 15) is 9.90 Å². The third kappa shape index (κ3) is 2.40. The van der Waals surface area contributed by atoms with Crippen molar-refractivity contribution in [2.75, 3.05) is 18.4 Å². The van der Waals surface area contributed by atoms with Gasteiger partial charge in [0.05, 0.1) is 12.0 Å². The lowest BCUT2D eigenvalue weighted by atomic mass is 10.1. The molecule has 0 saturated heterocycles. The summed E-state index contributed by atoms with van der Waals surface area (Å²) in [5.74, 6) is 0. The molecule has 3 rings (SSSR count). The summed E-state index contributed by atoms with van der Waals surface area (Å²) in [6.07, 6.45) is 0. The van der Waals surface area contributed by atoms with Crippen LogP contribution in [0.1, 0.15) is 5.56 Å². The molecule has 0 bridgehead atoms. The van der Waals surface area contributed by atoms with E-state index in [-0.39, 0.29) is 12.0 Å². The van der Waals surface area contributed by atoms with Crippen LogP contribution in [-0.4, -0.2) is 18.2 Å². The highest BCUT2D eigenvalue weighted by molar-refractivity contribution is 7.24. The van der Waals surface area contributed by atoms with Crippen LogP contribution in [0.2, 0.25) is 0 Å². The highest BCUT2D eigenvalue weighted by Crippen LogP contribution is 2.31. The summed E-state index contributed by atoms with van der Waals surface area (Å²) in [6, 6.07) is 11.2. The number of benzene rings is 2. The first-order chi connectivity index (χ1) is 10.3. The number of aliphatic hydroxyl groups is 1. The Balaban J connectivity index is 2.41. The number of hydrogen-bond donors (Lipinski definition) is 3. The summed E-state index contributed by atoms with van der Waals surface area (Å²) in [4.78, 5) is 12.8. The zero-order valence-electron chi connectivity index (χ0n) is 11.4. The Labute approximate surface area is 125 Å². The van der Waals surface area contributed by atoms with Gasteiger partial charge >= 0.3 is 0 Å². The first-order valence-electron chi connectivity index (χ1n) is 6.78. The zero-order chi connectivity index (χ0) is 14.8. The molecule has 0 aliphatic carbocycles. The average Bonchev–Trinajstić information content (AvgIpc) is 2.52. The van der Waals surface area contributed by atoms with Crippen LogP contribution in [-0.2, 0) is 6.61 Å². The van der Waals surface area contributed by atoms with Crippen LogP contribution >= 0.6 is 11.3 Å². The minimum atomic E-state index is -0.0814. The molecule has 0 atom stereocenters. The third-order valence-corrected chi connectivity index (χ3v) is 4.69. The summed E-state index contributed by atoms with van der Waals surface area (Å²) in [6.45, 7) is 1.01. The number of anilines is 1. The first kappa shape index (κ1) is 14.0. The van der Waals surface area contributed by atoms with Gasteiger partial charge in [-0.3, -0.25) is 4.79 Å². The van der Waals surface area contributed by atoms with Crippen LogP contribution in [0.4, 0.5) is 5.69 Å². The predicted octanol–water partition coefficient (Wildman–Crippen LogP) is 2.28. The number of hydrogen-bond acceptors (Lipinski definition) is 5. The molecule has 21 heavy (non-hydrogen) atoms. The van der Waals surface area contributed by atoms with Gasteiger partial charge in [0.25, 0.3) is 0 Å². The van der Waals surface area contributed by atoms with Gasteiger partial charge in [0.1, 0.15) is 0 Å². The smallest absolute Gasteiger partial charge is 0.197 e. The van der Waals surface area contributed by atoms with E-state index < -0.39 is 0 Å². The van der Waals surface area contributed by atoms with Crippen molar-refractivity contribution in [1.29, 1.82) is 0 Å². The van der Waals surface area contributed by atoms with E-state index in [4.69, 9.17) is 5.73 Å². The van der Waals surface area contributed by atoms with Crippen molar-refractivity contribution in [2.45, 2.75) is 6.61 Å². The molecule has 0 radical (unpaired) electrons. The molecular formula is C16H16N2O2S. The van der Waals surface area contributed by atoms with Gasteiger partial charge in [0.2, 0.25) is 0 Å². The molecule has 0 aliphatic heterocycles. The van der Waals surface area contributed by atoms with Gasteiger partial charge in [-0.1, -0.05) is 18.2 Å². The summed E-state index contributed by atoms with van der Waals surface area (Å²) < 4.78 is 1.77. The van der Waals surface area contributed by atoms with Crippen LogP contribution in [0, 0.1) is 0 Å². The summed E-state index contributed by atoms with van der Waals surface area (Å²) >= 11 is 1.53. The molecule has 0 aliphatic rings. The minimum Gasteiger partial charge on any atom is -0.392 e. The van der Waals surface area contributed by atoms with Crippen LogP contribution in [0.25, 0.3) is 20.2 Å². The predicted molar refractivity (Wildman–Crippen MR) is 89.1 cm³/mol. The number of nitrogens with two attached hydrogens (primary N) is 1. The van der Waals surface area contributed by atoms with Gasteiger partial charge in [-0.05, 0) is 23.8 Å². The molecule has 2 aromatic carbocycles. The Morgan fingerprint density at radius 2 is 2.00 bits per heavy atom. The molecule has 0 unspecified atom stereocenters.